The van der Waals surface area contributed by atoms with Gasteiger partial charge in [-0.1, -0.05) is 17.3 Å². The largest absolute Gasteiger partial charge is 0.475 e. The molecule has 0 unspecified atom stereocenters. The number of anilines is 1. The zero-order valence-electron chi connectivity index (χ0n) is 12.0. The third-order valence-electron chi connectivity index (χ3n) is 3.59. The van der Waals surface area contributed by atoms with Gasteiger partial charge in [-0.2, -0.15) is 0 Å². The summed E-state index contributed by atoms with van der Waals surface area (Å²) in [4.78, 5) is 26.7. The summed E-state index contributed by atoms with van der Waals surface area (Å²) in [6.07, 6.45) is 0. The van der Waals surface area contributed by atoms with E-state index in [9.17, 15) is 9.59 Å². The third kappa shape index (κ3) is 2.71. The van der Waals surface area contributed by atoms with Gasteiger partial charge in [-0.3, -0.25) is 9.69 Å². The minimum absolute atomic E-state index is 0.0391. The van der Waals surface area contributed by atoms with E-state index in [1.807, 2.05) is 30.1 Å². The van der Waals surface area contributed by atoms with Gasteiger partial charge in [0.15, 0.2) is 0 Å². The lowest BCUT2D eigenvalue weighted by atomic mass is 10.1. The van der Waals surface area contributed by atoms with Gasteiger partial charge in [0.05, 0.1) is 6.54 Å². The smallest absolute Gasteiger partial charge is 0.374 e. The lowest BCUT2D eigenvalue weighted by Gasteiger charge is -2.32. The Labute approximate surface area is 126 Å². The fraction of sp³-hybridized carbons (Fsp3) is 0.267. The Kier molecular flexibility index (Phi) is 3.64. The monoisotopic (exact) mass is 301 g/mol. The van der Waals surface area contributed by atoms with Gasteiger partial charge in [0, 0.05) is 30.4 Å². The molecule has 0 aliphatic carbocycles. The third-order valence-corrected chi connectivity index (χ3v) is 3.59. The fourth-order valence-corrected chi connectivity index (χ4v) is 2.41. The zero-order valence-corrected chi connectivity index (χ0v) is 12.0. The van der Waals surface area contributed by atoms with Gasteiger partial charge in [-0.15, -0.1) is 0 Å². The predicted molar refractivity (Wildman–Crippen MR) is 78.7 cm³/mol. The SMILES string of the molecule is CN1CCN(c2cccc(-c3cc(C(=O)O)on3)c2)C(=O)C1. The van der Waals surface area contributed by atoms with Crippen molar-refractivity contribution < 1.29 is 19.2 Å². The molecular formula is C15H15N3O4. The molecule has 2 aromatic rings. The number of hydrogen-bond donors (Lipinski definition) is 1. The van der Waals surface area contributed by atoms with Crippen LogP contribution in [-0.4, -0.2) is 53.7 Å². The number of likely N-dealkylation sites (N-methyl/N-ethyl adjacent to an activating group) is 1. The van der Waals surface area contributed by atoms with E-state index < -0.39 is 5.97 Å². The highest BCUT2D eigenvalue weighted by Gasteiger charge is 2.23. The fourth-order valence-electron chi connectivity index (χ4n) is 2.41. The molecule has 0 saturated carbocycles. The van der Waals surface area contributed by atoms with Crippen LogP contribution >= 0.6 is 0 Å². The van der Waals surface area contributed by atoms with Crippen molar-refractivity contribution in [2.45, 2.75) is 0 Å². The summed E-state index contributed by atoms with van der Waals surface area (Å²) in [5.41, 5.74) is 1.91. The van der Waals surface area contributed by atoms with Crippen LogP contribution in [0.4, 0.5) is 5.69 Å². The number of rotatable bonds is 3. The van der Waals surface area contributed by atoms with Gasteiger partial charge in [-0.25, -0.2) is 4.79 Å². The van der Waals surface area contributed by atoms with Gasteiger partial charge >= 0.3 is 5.97 Å². The molecule has 1 fully saturated rings. The number of carbonyl (C=O) groups excluding carboxylic acids is 1. The lowest BCUT2D eigenvalue weighted by Crippen LogP contribution is -2.48. The Morgan fingerprint density at radius 1 is 1.32 bits per heavy atom. The van der Waals surface area contributed by atoms with Crippen molar-refractivity contribution in [3.05, 3.63) is 36.1 Å². The molecule has 1 amide bonds. The summed E-state index contributed by atoms with van der Waals surface area (Å²) >= 11 is 0. The van der Waals surface area contributed by atoms with Crippen molar-refractivity contribution in [3.63, 3.8) is 0 Å². The quantitative estimate of drug-likeness (QED) is 0.920. The lowest BCUT2D eigenvalue weighted by molar-refractivity contribution is -0.120. The molecule has 7 heteroatoms. The number of nitrogens with zero attached hydrogens (tertiary/aromatic N) is 3. The predicted octanol–water partition coefficient (Wildman–Crippen LogP) is 1.32. The maximum atomic E-state index is 12.1. The second-order valence-electron chi connectivity index (χ2n) is 5.22. The van der Waals surface area contributed by atoms with Crippen LogP contribution in [0.2, 0.25) is 0 Å². The molecular weight excluding hydrogens is 286 g/mol. The maximum absolute atomic E-state index is 12.1. The average Bonchev–Trinajstić information content (AvgIpc) is 2.97. The number of carbonyl (C=O) groups is 2. The van der Waals surface area contributed by atoms with Crippen molar-refractivity contribution >= 4 is 17.6 Å². The first-order valence-electron chi connectivity index (χ1n) is 6.84. The summed E-state index contributed by atoms with van der Waals surface area (Å²) < 4.78 is 4.76. The highest BCUT2D eigenvalue weighted by Crippen LogP contribution is 2.25. The van der Waals surface area contributed by atoms with Crippen molar-refractivity contribution in [1.29, 1.82) is 0 Å². The van der Waals surface area contributed by atoms with Gasteiger partial charge in [0.2, 0.25) is 11.7 Å². The normalized spacial score (nSPS) is 16.0. The zero-order chi connectivity index (χ0) is 15.7. The second-order valence-corrected chi connectivity index (χ2v) is 5.22. The van der Waals surface area contributed by atoms with Crippen LogP contribution in [0.5, 0.6) is 0 Å². The first-order valence-corrected chi connectivity index (χ1v) is 6.84. The van der Waals surface area contributed by atoms with Crippen LogP contribution in [0, 0.1) is 0 Å². The number of amides is 1. The van der Waals surface area contributed by atoms with Crippen LogP contribution in [0.1, 0.15) is 10.6 Å². The summed E-state index contributed by atoms with van der Waals surface area (Å²) in [5.74, 6) is -1.34. The topological polar surface area (TPSA) is 86.9 Å². The van der Waals surface area contributed by atoms with E-state index in [2.05, 4.69) is 5.16 Å². The Morgan fingerprint density at radius 3 is 2.82 bits per heavy atom. The summed E-state index contributed by atoms with van der Waals surface area (Å²) in [5, 5.41) is 12.6. The molecule has 2 heterocycles. The number of aromatic nitrogens is 1. The minimum atomic E-state index is -1.16. The molecule has 114 valence electrons. The van der Waals surface area contributed by atoms with E-state index in [-0.39, 0.29) is 11.7 Å². The molecule has 1 aliphatic rings. The van der Waals surface area contributed by atoms with Crippen LogP contribution < -0.4 is 4.90 Å². The van der Waals surface area contributed by atoms with Gasteiger partial charge < -0.3 is 14.5 Å². The van der Waals surface area contributed by atoms with E-state index in [0.29, 0.717) is 24.3 Å². The van der Waals surface area contributed by atoms with E-state index in [4.69, 9.17) is 9.63 Å². The van der Waals surface area contributed by atoms with Gasteiger partial charge in [0.25, 0.3) is 0 Å². The molecule has 3 rings (SSSR count). The van der Waals surface area contributed by atoms with Crippen molar-refractivity contribution in [2.24, 2.45) is 0 Å². The number of piperazine rings is 1. The molecule has 0 spiro atoms. The molecule has 0 radical (unpaired) electrons. The van der Waals surface area contributed by atoms with Crippen LogP contribution in [0.25, 0.3) is 11.3 Å². The molecule has 0 atom stereocenters. The molecule has 7 nitrogen and oxygen atoms in total. The summed E-state index contributed by atoms with van der Waals surface area (Å²) in [6, 6.07) is 8.64. The van der Waals surface area contributed by atoms with E-state index >= 15 is 0 Å². The summed E-state index contributed by atoms with van der Waals surface area (Å²) in [7, 11) is 1.91. The van der Waals surface area contributed by atoms with Gasteiger partial charge in [0.1, 0.15) is 5.69 Å². The van der Waals surface area contributed by atoms with E-state index in [1.165, 1.54) is 6.07 Å². The van der Waals surface area contributed by atoms with Crippen LogP contribution in [0.3, 0.4) is 0 Å². The van der Waals surface area contributed by atoms with Crippen molar-refractivity contribution in [2.75, 3.05) is 31.6 Å². The standard InChI is InChI=1S/C15H15N3O4/c1-17-5-6-18(14(19)9-17)11-4-2-3-10(7-11)12-8-13(15(20)21)22-16-12/h2-4,7-8H,5-6,9H2,1H3,(H,20,21). The first kappa shape index (κ1) is 14.3. The molecule has 1 N–H and O–H groups in total. The molecule has 1 aliphatic heterocycles. The van der Waals surface area contributed by atoms with E-state index in [0.717, 1.165) is 12.2 Å². The number of carboxylic acid groups (broad SMARTS) is 1. The summed E-state index contributed by atoms with van der Waals surface area (Å²) in [6.45, 7) is 1.82. The highest BCUT2D eigenvalue weighted by atomic mass is 16.5. The number of benzene rings is 1. The van der Waals surface area contributed by atoms with Crippen LogP contribution in [-0.2, 0) is 4.79 Å². The maximum Gasteiger partial charge on any atom is 0.374 e. The molecule has 1 aromatic heterocycles. The Balaban J connectivity index is 1.89. The number of carboxylic acids is 1. The first-order chi connectivity index (χ1) is 10.5. The van der Waals surface area contributed by atoms with Gasteiger partial charge in [-0.05, 0) is 19.2 Å². The molecule has 22 heavy (non-hydrogen) atoms. The minimum Gasteiger partial charge on any atom is -0.475 e. The van der Waals surface area contributed by atoms with Crippen molar-refractivity contribution in [1.82, 2.24) is 10.1 Å². The Bertz CT molecular complexity index is 725. The highest BCUT2D eigenvalue weighted by molar-refractivity contribution is 5.96. The molecule has 1 saturated heterocycles. The number of hydrogen-bond acceptors (Lipinski definition) is 5. The Hall–Kier alpha value is -2.67. The molecule has 0 bridgehead atoms. The van der Waals surface area contributed by atoms with E-state index in [1.54, 1.807) is 11.0 Å². The molecule has 1 aromatic carbocycles. The second kappa shape index (κ2) is 5.61. The number of aromatic carboxylic acids is 1. The van der Waals surface area contributed by atoms with Crippen molar-refractivity contribution in [3.8, 4) is 11.3 Å². The van der Waals surface area contributed by atoms with Crippen LogP contribution in [0.15, 0.2) is 34.9 Å². The Morgan fingerprint density at radius 2 is 2.14 bits per heavy atom. The average molecular weight is 301 g/mol.